The molecule has 0 atom stereocenters. The Morgan fingerprint density at radius 1 is 1.35 bits per heavy atom. The first kappa shape index (κ1) is 16.3. The highest BCUT2D eigenvalue weighted by Gasteiger charge is 2.25. The van der Waals surface area contributed by atoms with E-state index >= 15 is 0 Å². The number of nitrogens with zero attached hydrogens (tertiary/aromatic N) is 5. The molecule has 0 spiro atoms. The summed E-state index contributed by atoms with van der Waals surface area (Å²) in [5.41, 5.74) is 1.37. The molecule has 3 aromatic rings. The zero-order chi connectivity index (χ0) is 18.1. The van der Waals surface area contributed by atoms with Crippen LogP contribution in [0.3, 0.4) is 0 Å². The van der Waals surface area contributed by atoms with Crippen molar-refractivity contribution < 1.29 is 9.21 Å². The fraction of sp³-hybridized carbons (Fsp3) is 0.333. The van der Waals surface area contributed by atoms with Gasteiger partial charge in [-0.3, -0.25) is 14.2 Å². The van der Waals surface area contributed by atoms with Gasteiger partial charge in [-0.25, -0.2) is 9.97 Å². The molecule has 0 aromatic carbocycles. The van der Waals surface area contributed by atoms with E-state index in [2.05, 4.69) is 9.97 Å². The second kappa shape index (κ2) is 6.62. The van der Waals surface area contributed by atoms with E-state index in [1.165, 1.54) is 6.26 Å². The van der Waals surface area contributed by atoms with E-state index in [1.54, 1.807) is 34.1 Å². The smallest absolute Gasteiger partial charge is 0.290 e. The van der Waals surface area contributed by atoms with Gasteiger partial charge in [-0.05, 0) is 19.4 Å². The highest BCUT2D eigenvalue weighted by atomic mass is 16.3. The SMILES string of the molecule is Cc1ccoc1C(=O)N1CCCn2c(nc(Cn3ccnc3)cc2=O)C1. The van der Waals surface area contributed by atoms with Crippen LogP contribution in [0.25, 0.3) is 0 Å². The van der Waals surface area contributed by atoms with Gasteiger partial charge in [0.15, 0.2) is 5.76 Å². The van der Waals surface area contributed by atoms with E-state index in [9.17, 15) is 9.59 Å². The highest BCUT2D eigenvalue weighted by Crippen LogP contribution is 2.16. The molecule has 3 aromatic heterocycles. The number of imidazole rings is 1. The molecule has 1 aliphatic heterocycles. The van der Waals surface area contributed by atoms with Gasteiger partial charge in [0.05, 0.1) is 31.4 Å². The number of aromatic nitrogens is 4. The Morgan fingerprint density at radius 2 is 2.23 bits per heavy atom. The Bertz CT molecular complexity index is 987. The van der Waals surface area contributed by atoms with E-state index in [0.29, 0.717) is 43.3 Å². The molecule has 8 nitrogen and oxygen atoms in total. The summed E-state index contributed by atoms with van der Waals surface area (Å²) in [6, 6.07) is 3.32. The molecule has 26 heavy (non-hydrogen) atoms. The van der Waals surface area contributed by atoms with Crippen LogP contribution >= 0.6 is 0 Å². The molecule has 134 valence electrons. The number of fused-ring (bicyclic) bond motifs is 1. The lowest BCUT2D eigenvalue weighted by molar-refractivity contribution is 0.0710. The van der Waals surface area contributed by atoms with Crippen molar-refractivity contribution in [3.63, 3.8) is 0 Å². The second-order valence-electron chi connectivity index (χ2n) is 6.40. The van der Waals surface area contributed by atoms with Gasteiger partial charge in [-0.15, -0.1) is 0 Å². The molecule has 8 heteroatoms. The average molecular weight is 353 g/mol. The topological polar surface area (TPSA) is 86.2 Å². The molecule has 4 heterocycles. The zero-order valence-corrected chi connectivity index (χ0v) is 14.5. The lowest BCUT2D eigenvalue weighted by atomic mass is 10.2. The van der Waals surface area contributed by atoms with Crippen molar-refractivity contribution >= 4 is 5.91 Å². The van der Waals surface area contributed by atoms with Crippen LogP contribution < -0.4 is 5.56 Å². The van der Waals surface area contributed by atoms with Crippen LogP contribution in [-0.2, 0) is 19.6 Å². The minimum atomic E-state index is -0.171. The largest absolute Gasteiger partial charge is 0.459 e. The summed E-state index contributed by atoms with van der Waals surface area (Å²) >= 11 is 0. The fourth-order valence-corrected chi connectivity index (χ4v) is 3.19. The van der Waals surface area contributed by atoms with Crippen molar-refractivity contribution in [2.75, 3.05) is 6.54 Å². The number of aryl methyl sites for hydroxylation is 1. The molecular formula is C18H19N5O3. The summed E-state index contributed by atoms with van der Waals surface area (Å²) in [5.74, 6) is 0.772. The zero-order valence-electron chi connectivity index (χ0n) is 14.5. The maximum Gasteiger partial charge on any atom is 0.290 e. The number of furan rings is 1. The molecule has 1 amide bonds. The van der Waals surface area contributed by atoms with Crippen LogP contribution in [0.4, 0.5) is 0 Å². The van der Waals surface area contributed by atoms with Crippen molar-refractivity contribution in [1.29, 1.82) is 0 Å². The minimum absolute atomic E-state index is 0.0893. The first-order chi connectivity index (χ1) is 12.6. The standard InChI is InChI=1S/C18H19N5O3/c1-13-3-8-26-17(13)18(25)22-5-2-6-23-15(11-22)20-14(9-16(23)24)10-21-7-4-19-12-21/h3-4,7-9,12H,2,5-6,10-11H2,1H3. The molecular weight excluding hydrogens is 334 g/mol. The first-order valence-electron chi connectivity index (χ1n) is 8.50. The summed E-state index contributed by atoms with van der Waals surface area (Å²) in [4.78, 5) is 35.6. The van der Waals surface area contributed by atoms with E-state index < -0.39 is 0 Å². The molecule has 0 radical (unpaired) electrons. The quantitative estimate of drug-likeness (QED) is 0.711. The Labute approximate surface area is 149 Å². The van der Waals surface area contributed by atoms with Gasteiger partial charge in [0.1, 0.15) is 5.82 Å². The fourth-order valence-electron chi connectivity index (χ4n) is 3.19. The Kier molecular flexibility index (Phi) is 4.16. The Balaban J connectivity index is 1.64. The lowest BCUT2D eigenvalue weighted by Gasteiger charge is -2.19. The molecule has 0 saturated carbocycles. The van der Waals surface area contributed by atoms with E-state index in [-0.39, 0.29) is 18.0 Å². The molecule has 1 aliphatic rings. The predicted molar refractivity (Wildman–Crippen MR) is 92.6 cm³/mol. The van der Waals surface area contributed by atoms with Crippen molar-refractivity contribution in [2.45, 2.75) is 33.0 Å². The molecule has 0 N–H and O–H groups in total. The van der Waals surface area contributed by atoms with Gasteiger partial charge in [0.2, 0.25) is 0 Å². The van der Waals surface area contributed by atoms with Gasteiger partial charge >= 0.3 is 0 Å². The molecule has 0 aliphatic carbocycles. The number of hydrogen-bond donors (Lipinski definition) is 0. The minimum Gasteiger partial charge on any atom is -0.459 e. The highest BCUT2D eigenvalue weighted by molar-refractivity contribution is 5.92. The molecule has 4 rings (SSSR count). The van der Waals surface area contributed by atoms with Gasteiger partial charge in [-0.2, -0.15) is 0 Å². The lowest BCUT2D eigenvalue weighted by Crippen LogP contribution is -2.32. The Hall–Kier alpha value is -3.16. The predicted octanol–water partition coefficient (Wildman–Crippen LogP) is 1.44. The van der Waals surface area contributed by atoms with E-state index in [0.717, 1.165) is 5.56 Å². The summed E-state index contributed by atoms with van der Waals surface area (Å²) in [6.07, 6.45) is 7.39. The molecule has 0 unspecified atom stereocenters. The monoisotopic (exact) mass is 353 g/mol. The van der Waals surface area contributed by atoms with Crippen LogP contribution in [0.15, 0.2) is 46.3 Å². The van der Waals surface area contributed by atoms with Gasteiger partial charge in [0, 0.05) is 37.1 Å². The number of carbonyl (C=O) groups excluding carboxylic acids is 1. The van der Waals surface area contributed by atoms with E-state index in [4.69, 9.17) is 4.42 Å². The maximum absolute atomic E-state index is 12.8. The summed E-state index contributed by atoms with van der Waals surface area (Å²) in [6.45, 7) is 3.70. The molecule has 0 saturated heterocycles. The third kappa shape index (κ3) is 3.05. The summed E-state index contributed by atoms with van der Waals surface area (Å²) in [5, 5.41) is 0. The Morgan fingerprint density at radius 3 is 2.96 bits per heavy atom. The number of amides is 1. The molecule has 0 bridgehead atoms. The third-order valence-electron chi connectivity index (χ3n) is 4.53. The summed E-state index contributed by atoms with van der Waals surface area (Å²) < 4.78 is 8.84. The normalized spacial score (nSPS) is 14.1. The van der Waals surface area contributed by atoms with Crippen LogP contribution in [0.1, 0.15) is 34.1 Å². The summed E-state index contributed by atoms with van der Waals surface area (Å²) in [7, 11) is 0. The van der Waals surface area contributed by atoms with E-state index in [1.807, 2.05) is 17.7 Å². The van der Waals surface area contributed by atoms with Crippen LogP contribution in [0.2, 0.25) is 0 Å². The van der Waals surface area contributed by atoms with Crippen LogP contribution in [-0.4, -0.2) is 36.5 Å². The number of rotatable bonds is 3. The second-order valence-corrected chi connectivity index (χ2v) is 6.40. The number of carbonyl (C=O) groups is 1. The average Bonchev–Trinajstić information content (AvgIpc) is 3.21. The van der Waals surface area contributed by atoms with Gasteiger partial charge in [0.25, 0.3) is 11.5 Å². The van der Waals surface area contributed by atoms with Crippen molar-refractivity contribution in [3.8, 4) is 0 Å². The maximum atomic E-state index is 12.8. The van der Waals surface area contributed by atoms with Crippen molar-refractivity contribution in [1.82, 2.24) is 24.0 Å². The van der Waals surface area contributed by atoms with Gasteiger partial charge < -0.3 is 13.9 Å². The first-order valence-corrected chi connectivity index (χ1v) is 8.50. The van der Waals surface area contributed by atoms with Gasteiger partial charge in [-0.1, -0.05) is 0 Å². The molecule has 0 fully saturated rings. The van der Waals surface area contributed by atoms with Crippen LogP contribution in [0, 0.1) is 6.92 Å². The van der Waals surface area contributed by atoms with Crippen LogP contribution in [0.5, 0.6) is 0 Å². The third-order valence-corrected chi connectivity index (χ3v) is 4.53. The van der Waals surface area contributed by atoms with Crippen molar-refractivity contribution in [2.24, 2.45) is 0 Å². The number of hydrogen-bond acceptors (Lipinski definition) is 5. The van der Waals surface area contributed by atoms with Crippen molar-refractivity contribution in [3.05, 3.63) is 70.3 Å².